The van der Waals surface area contributed by atoms with Gasteiger partial charge in [-0.2, -0.15) is 0 Å². The molecule has 0 amide bonds. The Morgan fingerprint density at radius 1 is 1.05 bits per heavy atom. The summed E-state index contributed by atoms with van der Waals surface area (Å²) in [5.74, 6) is -0.465. The molecule has 96 valence electrons. The summed E-state index contributed by atoms with van der Waals surface area (Å²) in [6, 6.07) is 12.5. The summed E-state index contributed by atoms with van der Waals surface area (Å²) in [4.78, 5) is 13.7. The maximum Gasteiger partial charge on any atom is 0.417 e. The number of nitrogen functional groups attached to an aromatic ring is 1. The van der Waals surface area contributed by atoms with Crippen LogP contribution in [0, 0.1) is 0 Å². The molecule has 0 bridgehead atoms. The highest BCUT2D eigenvalue weighted by atomic mass is 16.4. The molecule has 0 saturated carbocycles. The molecule has 0 radical (unpaired) electrons. The molecule has 3 aromatic rings. The van der Waals surface area contributed by atoms with E-state index in [9.17, 15) is 4.79 Å². The number of oxazole rings is 1. The zero-order valence-corrected chi connectivity index (χ0v) is 10.1. The average molecular weight is 255 g/mol. The molecule has 19 heavy (non-hydrogen) atoms. The van der Waals surface area contributed by atoms with Gasteiger partial charge in [0.05, 0.1) is 11.6 Å². The van der Waals surface area contributed by atoms with Crippen molar-refractivity contribution < 1.29 is 4.42 Å². The first-order valence-electron chi connectivity index (χ1n) is 5.87. The Balaban J connectivity index is 2.03. The number of hydrogen-bond acceptors (Lipinski definition) is 4. The van der Waals surface area contributed by atoms with Crippen molar-refractivity contribution in [3.63, 3.8) is 0 Å². The summed E-state index contributed by atoms with van der Waals surface area (Å²) in [6.07, 6.45) is 0. The number of anilines is 1. The van der Waals surface area contributed by atoms with Gasteiger partial charge in [0.15, 0.2) is 5.58 Å². The smallest absolute Gasteiger partial charge is 0.408 e. The molecule has 5 heteroatoms. The van der Waals surface area contributed by atoms with Crippen LogP contribution in [0.4, 0.5) is 5.69 Å². The van der Waals surface area contributed by atoms with Gasteiger partial charge < -0.3 is 15.9 Å². The van der Waals surface area contributed by atoms with E-state index >= 15 is 0 Å². The lowest BCUT2D eigenvalue weighted by Crippen LogP contribution is -2.11. The van der Waals surface area contributed by atoms with Crippen LogP contribution in [0.15, 0.2) is 51.7 Å². The summed E-state index contributed by atoms with van der Waals surface area (Å²) >= 11 is 0. The van der Waals surface area contributed by atoms with E-state index in [1.807, 2.05) is 30.3 Å². The first-order chi connectivity index (χ1) is 9.13. The average Bonchev–Trinajstić information content (AvgIpc) is 2.77. The van der Waals surface area contributed by atoms with Crippen molar-refractivity contribution in [2.45, 2.75) is 6.04 Å². The maximum absolute atomic E-state index is 11.1. The van der Waals surface area contributed by atoms with Crippen LogP contribution >= 0.6 is 0 Å². The molecular formula is C14H13N3O2. The van der Waals surface area contributed by atoms with Crippen molar-refractivity contribution in [2.24, 2.45) is 5.73 Å². The summed E-state index contributed by atoms with van der Waals surface area (Å²) in [5, 5.41) is 0. The second-order valence-corrected chi connectivity index (χ2v) is 4.41. The van der Waals surface area contributed by atoms with Crippen LogP contribution in [0.1, 0.15) is 17.2 Å². The van der Waals surface area contributed by atoms with Crippen LogP contribution in [0.25, 0.3) is 11.1 Å². The monoisotopic (exact) mass is 255 g/mol. The number of hydrogen-bond donors (Lipinski definition) is 3. The Morgan fingerprint density at radius 3 is 2.47 bits per heavy atom. The highest BCUT2D eigenvalue weighted by Crippen LogP contribution is 2.23. The van der Waals surface area contributed by atoms with Crippen molar-refractivity contribution >= 4 is 16.8 Å². The van der Waals surface area contributed by atoms with Crippen molar-refractivity contribution in [2.75, 3.05) is 5.73 Å². The van der Waals surface area contributed by atoms with Gasteiger partial charge in [0, 0.05) is 5.69 Å². The van der Waals surface area contributed by atoms with Gasteiger partial charge >= 0.3 is 5.76 Å². The minimum Gasteiger partial charge on any atom is -0.408 e. The highest BCUT2D eigenvalue weighted by Gasteiger charge is 2.11. The summed E-state index contributed by atoms with van der Waals surface area (Å²) < 4.78 is 5.03. The maximum atomic E-state index is 11.1. The Hall–Kier alpha value is -2.53. The number of nitrogens with one attached hydrogen (secondary N) is 1. The van der Waals surface area contributed by atoms with E-state index in [-0.39, 0.29) is 6.04 Å². The summed E-state index contributed by atoms with van der Waals surface area (Å²) in [7, 11) is 0. The van der Waals surface area contributed by atoms with Crippen LogP contribution in [0.2, 0.25) is 0 Å². The van der Waals surface area contributed by atoms with Gasteiger partial charge in [0.1, 0.15) is 0 Å². The van der Waals surface area contributed by atoms with Crippen LogP contribution in [-0.2, 0) is 0 Å². The molecule has 5 N–H and O–H groups in total. The third kappa shape index (κ3) is 2.11. The van der Waals surface area contributed by atoms with Gasteiger partial charge in [-0.25, -0.2) is 4.79 Å². The molecule has 0 spiro atoms. The fraction of sp³-hybridized carbons (Fsp3) is 0.0714. The quantitative estimate of drug-likeness (QED) is 0.607. The van der Waals surface area contributed by atoms with Crippen LogP contribution < -0.4 is 17.2 Å². The lowest BCUT2D eigenvalue weighted by Gasteiger charge is -2.12. The zero-order chi connectivity index (χ0) is 13.4. The van der Waals surface area contributed by atoms with E-state index in [2.05, 4.69) is 4.98 Å². The number of H-pyrrole nitrogens is 1. The Morgan fingerprint density at radius 2 is 1.74 bits per heavy atom. The minimum absolute atomic E-state index is 0.287. The minimum atomic E-state index is -0.465. The molecule has 0 aliphatic carbocycles. The summed E-state index contributed by atoms with van der Waals surface area (Å²) in [5.41, 5.74) is 15.5. The highest BCUT2D eigenvalue weighted by molar-refractivity contribution is 5.73. The number of benzene rings is 2. The fourth-order valence-electron chi connectivity index (χ4n) is 2.05. The van der Waals surface area contributed by atoms with E-state index in [0.29, 0.717) is 16.8 Å². The number of nitrogens with two attached hydrogens (primary N) is 2. The molecule has 1 aromatic heterocycles. The normalized spacial score (nSPS) is 12.7. The first kappa shape index (κ1) is 11.6. The molecule has 3 rings (SSSR count). The van der Waals surface area contributed by atoms with E-state index in [1.54, 1.807) is 12.1 Å². The summed E-state index contributed by atoms with van der Waals surface area (Å²) in [6.45, 7) is 0. The zero-order valence-electron chi connectivity index (χ0n) is 10.1. The van der Waals surface area contributed by atoms with Crippen LogP contribution in [0.5, 0.6) is 0 Å². The molecule has 0 saturated heterocycles. The van der Waals surface area contributed by atoms with Crippen LogP contribution in [-0.4, -0.2) is 4.98 Å². The standard InChI is InChI=1S/C14H13N3O2/c15-10-4-1-8(2-5-10)13(16)9-3-6-11-12(7-9)19-14(18)17-11/h1-7,13H,15-16H2,(H,17,18). The Labute approximate surface area is 108 Å². The molecule has 1 heterocycles. The third-order valence-corrected chi connectivity index (χ3v) is 3.10. The van der Waals surface area contributed by atoms with Crippen molar-refractivity contribution in [1.29, 1.82) is 0 Å². The SMILES string of the molecule is Nc1ccc(C(N)c2ccc3[nH]c(=O)oc3c2)cc1. The largest absolute Gasteiger partial charge is 0.417 e. The molecule has 0 fully saturated rings. The molecule has 5 nitrogen and oxygen atoms in total. The third-order valence-electron chi connectivity index (χ3n) is 3.10. The lowest BCUT2D eigenvalue weighted by molar-refractivity contribution is 0.555. The van der Waals surface area contributed by atoms with Gasteiger partial charge in [-0.05, 0) is 35.4 Å². The van der Waals surface area contributed by atoms with Gasteiger partial charge in [0.25, 0.3) is 0 Å². The first-order valence-corrected chi connectivity index (χ1v) is 5.87. The molecule has 0 aliphatic heterocycles. The van der Waals surface area contributed by atoms with Gasteiger partial charge in [-0.15, -0.1) is 0 Å². The topological polar surface area (TPSA) is 98.0 Å². The second-order valence-electron chi connectivity index (χ2n) is 4.41. The molecule has 1 atom stereocenters. The fourth-order valence-corrected chi connectivity index (χ4v) is 2.05. The van der Waals surface area contributed by atoms with Crippen molar-refractivity contribution in [3.05, 3.63) is 64.1 Å². The van der Waals surface area contributed by atoms with E-state index in [0.717, 1.165) is 11.1 Å². The second kappa shape index (κ2) is 4.29. The van der Waals surface area contributed by atoms with Gasteiger partial charge in [0.2, 0.25) is 0 Å². The Bertz CT molecular complexity index is 771. The number of aromatic amines is 1. The van der Waals surface area contributed by atoms with Crippen LogP contribution in [0.3, 0.4) is 0 Å². The van der Waals surface area contributed by atoms with E-state index < -0.39 is 5.76 Å². The van der Waals surface area contributed by atoms with Crippen molar-refractivity contribution in [3.8, 4) is 0 Å². The van der Waals surface area contributed by atoms with Crippen molar-refractivity contribution in [1.82, 2.24) is 4.98 Å². The number of rotatable bonds is 2. The molecular weight excluding hydrogens is 242 g/mol. The number of aromatic nitrogens is 1. The van der Waals surface area contributed by atoms with Gasteiger partial charge in [-0.1, -0.05) is 18.2 Å². The number of fused-ring (bicyclic) bond motifs is 1. The van der Waals surface area contributed by atoms with Gasteiger partial charge in [-0.3, -0.25) is 4.98 Å². The predicted octanol–water partition coefficient (Wildman–Crippen LogP) is 1.75. The molecule has 2 aromatic carbocycles. The van der Waals surface area contributed by atoms with E-state index in [1.165, 1.54) is 0 Å². The lowest BCUT2D eigenvalue weighted by atomic mass is 9.99. The molecule has 0 aliphatic rings. The Kier molecular flexibility index (Phi) is 2.61. The van der Waals surface area contributed by atoms with E-state index in [4.69, 9.17) is 15.9 Å². The molecule has 1 unspecified atom stereocenters. The predicted molar refractivity (Wildman–Crippen MR) is 73.7 cm³/mol.